The van der Waals surface area contributed by atoms with Crippen molar-refractivity contribution in [1.29, 1.82) is 0 Å². The number of aromatic hydroxyl groups is 1. The molecule has 2 N–H and O–H groups in total. The standard InChI is InChI=1S/C45H55FO3/c1-8-10-13-30-16-19-36-33(23-30)25-32-17-15-31(14-11-9-2)24-37(32)42(36)40-27-34(45(6,7)29-44(3,4)5)26-39(43(40)48)38-28-35(46)18-20-41(38)49-22-12-21-47/h15-20,23-28,47-48H,8-14,21-22,29H2,1-7H3. The minimum Gasteiger partial charge on any atom is -0.507 e. The summed E-state index contributed by atoms with van der Waals surface area (Å²) < 4.78 is 21.1. The van der Waals surface area contributed by atoms with Crippen molar-refractivity contribution in [2.45, 2.75) is 105 Å². The van der Waals surface area contributed by atoms with E-state index in [0.717, 1.165) is 83.2 Å². The zero-order valence-corrected chi connectivity index (χ0v) is 30.7. The molecule has 0 aliphatic heterocycles. The van der Waals surface area contributed by atoms with Crippen LogP contribution in [0, 0.1) is 11.2 Å². The predicted octanol–water partition coefficient (Wildman–Crippen LogP) is 12.3. The molecule has 0 unspecified atom stereocenters. The minimum absolute atomic E-state index is 0.00301. The van der Waals surface area contributed by atoms with E-state index in [-0.39, 0.29) is 29.8 Å². The molecule has 0 atom stereocenters. The van der Waals surface area contributed by atoms with E-state index in [1.807, 2.05) is 6.07 Å². The van der Waals surface area contributed by atoms with Crippen molar-refractivity contribution in [3.8, 4) is 33.8 Å². The van der Waals surface area contributed by atoms with Gasteiger partial charge in [0.15, 0.2) is 0 Å². The number of unbranched alkanes of at least 4 members (excludes halogenated alkanes) is 2. The van der Waals surface area contributed by atoms with Gasteiger partial charge < -0.3 is 14.9 Å². The molecular weight excluding hydrogens is 607 g/mol. The van der Waals surface area contributed by atoms with Gasteiger partial charge in [-0.3, -0.25) is 0 Å². The Hall–Kier alpha value is -3.89. The first-order chi connectivity index (χ1) is 23.3. The van der Waals surface area contributed by atoms with Crippen LogP contribution in [0.25, 0.3) is 43.8 Å². The molecule has 5 aromatic rings. The fourth-order valence-electron chi connectivity index (χ4n) is 7.51. The van der Waals surface area contributed by atoms with Crippen molar-refractivity contribution in [3.63, 3.8) is 0 Å². The number of fused-ring (bicyclic) bond motifs is 2. The van der Waals surface area contributed by atoms with E-state index >= 15 is 4.39 Å². The molecule has 0 fully saturated rings. The smallest absolute Gasteiger partial charge is 0.131 e. The number of hydrogen-bond donors (Lipinski definition) is 2. The number of hydrogen-bond acceptors (Lipinski definition) is 3. The van der Waals surface area contributed by atoms with Gasteiger partial charge in [-0.25, -0.2) is 4.39 Å². The average Bonchev–Trinajstić information content (AvgIpc) is 3.05. The van der Waals surface area contributed by atoms with Gasteiger partial charge in [0.1, 0.15) is 17.3 Å². The largest absolute Gasteiger partial charge is 0.507 e. The van der Waals surface area contributed by atoms with Gasteiger partial charge in [0.05, 0.1) is 6.61 Å². The molecule has 5 aromatic carbocycles. The SMILES string of the molecule is CCCCc1ccc2c(-c3cc(C(C)(C)CC(C)(C)C)cc(-c4cc(F)ccc4OCCCO)c3O)c3cc(CCCC)ccc3cc2c1. The minimum atomic E-state index is -0.402. The Kier molecular flexibility index (Phi) is 11.4. The first kappa shape index (κ1) is 36.4. The van der Waals surface area contributed by atoms with Crippen molar-refractivity contribution < 1.29 is 19.3 Å². The van der Waals surface area contributed by atoms with Crippen molar-refractivity contribution in [3.05, 3.63) is 95.3 Å². The molecule has 0 aliphatic carbocycles. The average molecular weight is 663 g/mol. The Morgan fingerprint density at radius 1 is 0.673 bits per heavy atom. The van der Waals surface area contributed by atoms with Crippen LogP contribution >= 0.6 is 0 Å². The summed E-state index contributed by atoms with van der Waals surface area (Å²) in [6.07, 6.45) is 7.89. The van der Waals surface area contributed by atoms with Crippen LogP contribution in [-0.2, 0) is 18.3 Å². The lowest BCUT2D eigenvalue weighted by atomic mass is 9.71. The number of ether oxygens (including phenoxy) is 1. The fourth-order valence-corrected chi connectivity index (χ4v) is 7.51. The van der Waals surface area contributed by atoms with Gasteiger partial charge in [-0.05, 0) is 118 Å². The summed E-state index contributed by atoms with van der Waals surface area (Å²) in [4.78, 5) is 0. The second kappa shape index (κ2) is 15.3. The summed E-state index contributed by atoms with van der Waals surface area (Å²) >= 11 is 0. The van der Waals surface area contributed by atoms with Crippen molar-refractivity contribution in [2.24, 2.45) is 5.41 Å². The lowest BCUT2D eigenvalue weighted by molar-refractivity contribution is 0.234. The highest BCUT2D eigenvalue weighted by Gasteiger charge is 2.30. The summed E-state index contributed by atoms with van der Waals surface area (Å²) in [6.45, 7) is 16.0. The quantitative estimate of drug-likeness (QED) is 0.0919. The van der Waals surface area contributed by atoms with Crippen LogP contribution in [-0.4, -0.2) is 23.4 Å². The van der Waals surface area contributed by atoms with Gasteiger partial charge in [0.25, 0.3) is 0 Å². The number of phenols is 1. The molecule has 0 aromatic heterocycles. The molecule has 0 aliphatic rings. The monoisotopic (exact) mass is 662 g/mol. The Balaban J connectivity index is 1.88. The second-order valence-electron chi connectivity index (χ2n) is 15.7. The van der Waals surface area contributed by atoms with Crippen LogP contribution in [0.2, 0.25) is 0 Å². The van der Waals surface area contributed by atoms with Gasteiger partial charge in [0, 0.05) is 35.3 Å². The first-order valence-corrected chi connectivity index (χ1v) is 18.2. The third-order valence-corrected chi connectivity index (χ3v) is 9.65. The maximum absolute atomic E-state index is 15.0. The van der Waals surface area contributed by atoms with E-state index < -0.39 is 5.82 Å². The van der Waals surface area contributed by atoms with Crippen LogP contribution < -0.4 is 4.74 Å². The summed E-state index contributed by atoms with van der Waals surface area (Å²) in [5.74, 6) is 0.184. The van der Waals surface area contributed by atoms with E-state index in [9.17, 15) is 10.2 Å². The molecule has 5 rings (SSSR count). The molecule has 0 radical (unpaired) electrons. The highest BCUT2D eigenvalue weighted by Crippen LogP contribution is 2.49. The van der Waals surface area contributed by atoms with Gasteiger partial charge >= 0.3 is 0 Å². The van der Waals surface area contributed by atoms with E-state index in [0.29, 0.717) is 23.3 Å². The van der Waals surface area contributed by atoms with Crippen molar-refractivity contribution in [2.75, 3.05) is 13.2 Å². The topological polar surface area (TPSA) is 49.7 Å². The summed E-state index contributed by atoms with van der Waals surface area (Å²) in [5.41, 5.74) is 6.23. The second-order valence-corrected chi connectivity index (χ2v) is 15.7. The maximum atomic E-state index is 15.0. The molecule has 4 heteroatoms. The van der Waals surface area contributed by atoms with Crippen LogP contribution in [0.5, 0.6) is 11.5 Å². The van der Waals surface area contributed by atoms with Crippen molar-refractivity contribution >= 4 is 21.5 Å². The molecule has 0 heterocycles. The van der Waals surface area contributed by atoms with Crippen LogP contribution in [0.4, 0.5) is 4.39 Å². The Labute approximate surface area is 293 Å². The lowest BCUT2D eigenvalue weighted by Crippen LogP contribution is -2.25. The van der Waals surface area contributed by atoms with Crippen LogP contribution in [0.3, 0.4) is 0 Å². The van der Waals surface area contributed by atoms with Crippen LogP contribution in [0.1, 0.15) is 104 Å². The number of aryl methyl sites for hydroxylation is 2. The number of phenolic OH excluding ortho intramolecular Hbond substituents is 1. The molecule has 260 valence electrons. The lowest BCUT2D eigenvalue weighted by Gasteiger charge is -2.34. The predicted molar refractivity (Wildman–Crippen MR) is 205 cm³/mol. The van der Waals surface area contributed by atoms with Gasteiger partial charge in [-0.15, -0.1) is 0 Å². The number of halogens is 1. The zero-order valence-electron chi connectivity index (χ0n) is 30.7. The molecule has 0 saturated heterocycles. The normalized spacial score (nSPS) is 12.3. The molecule has 0 spiro atoms. The summed E-state index contributed by atoms with van der Waals surface area (Å²) in [5, 5.41) is 26.4. The van der Waals surface area contributed by atoms with E-state index in [2.05, 4.69) is 97.0 Å². The Bertz CT molecular complexity index is 1910. The third kappa shape index (κ3) is 8.47. The van der Waals surface area contributed by atoms with Crippen molar-refractivity contribution in [1.82, 2.24) is 0 Å². The van der Waals surface area contributed by atoms with Gasteiger partial charge in [0.2, 0.25) is 0 Å². The zero-order chi connectivity index (χ0) is 35.3. The molecule has 49 heavy (non-hydrogen) atoms. The molecule has 0 bridgehead atoms. The number of aliphatic hydroxyl groups is 1. The highest BCUT2D eigenvalue weighted by molar-refractivity contribution is 6.14. The molecule has 0 amide bonds. The van der Waals surface area contributed by atoms with E-state index in [4.69, 9.17) is 4.74 Å². The van der Waals surface area contributed by atoms with Gasteiger partial charge in [-0.1, -0.05) is 97.7 Å². The first-order valence-electron chi connectivity index (χ1n) is 18.2. The number of rotatable bonds is 14. The van der Waals surface area contributed by atoms with E-state index in [1.165, 1.54) is 23.3 Å². The Morgan fingerprint density at radius 3 is 2.02 bits per heavy atom. The maximum Gasteiger partial charge on any atom is 0.131 e. The molecule has 3 nitrogen and oxygen atoms in total. The summed E-state index contributed by atoms with van der Waals surface area (Å²) in [7, 11) is 0. The third-order valence-electron chi connectivity index (χ3n) is 9.65. The summed E-state index contributed by atoms with van der Waals surface area (Å²) in [6, 6.07) is 24.5. The van der Waals surface area contributed by atoms with Crippen LogP contribution in [0.15, 0.2) is 72.8 Å². The van der Waals surface area contributed by atoms with E-state index in [1.54, 1.807) is 6.07 Å². The number of benzene rings is 5. The fraction of sp³-hybridized carbons (Fsp3) is 0.422. The molecular formula is C45H55FO3. The highest BCUT2D eigenvalue weighted by atomic mass is 19.1. The molecule has 0 saturated carbocycles. The number of aliphatic hydroxyl groups excluding tert-OH is 1. The van der Waals surface area contributed by atoms with Gasteiger partial charge in [-0.2, -0.15) is 0 Å². The Morgan fingerprint density at radius 2 is 1.35 bits per heavy atom.